The van der Waals surface area contributed by atoms with Crippen LogP contribution in [0.2, 0.25) is 0 Å². The van der Waals surface area contributed by atoms with Gasteiger partial charge in [-0.05, 0) is 62.1 Å². The molecular weight excluding hydrogens is 374 g/mol. The number of nitrogens with one attached hydrogen (secondary N) is 1. The van der Waals surface area contributed by atoms with E-state index in [1.807, 2.05) is 23.1 Å². The Balaban J connectivity index is 1.34. The van der Waals surface area contributed by atoms with E-state index in [0.29, 0.717) is 11.5 Å². The average Bonchev–Trinajstić information content (AvgIpc) is 3.41. The van der Waals surface area contributed by atoms with Crippen LogP contribution in [-0.2, 0) is 6.42 Å². The first kappa shape index (κ1) is 18.6. The van der Waals surface area contributed by atoms with Crippen LogP contribution < -0.4 is 15.1 Å². The zero-order valence-electron chi connectivity index (χ0n) is 17.1. The maximum absolute atomic E-state index is 13.2. The number of para-hydroxylation sites is 1. The minimum absolute atomic E-state index is 0.0951. The van der Waals surface area contributed by atoms with Crippen LogP contribution >= 0.6 is 0 Å². The predicted molar refractivity (Wildman–Crippen MR) is 120 cm³/mol. The Morgan fingerprint density at radius 2 is 1.80 bits per heavy atom. The molecule has 0 spiro atoms. The van der Waals surface area contributed by atoms with Gasteiger partial charge in [-0.1, -0.05) is 18.2 Å². The van der Waals surface area contributed by atoms with E-state index < -0.39 is 0 Å². The van der Waals surface area contributed by atoms with Crippen molar-refractivity contribution in [2.45, 2.75) is 32.2 Å². The summed E-state index contributed by atoms with van der Waals surface area (Å²) in [6.45, 7) is 4.32. The minimum atomic E-state index is -0.0951. The third kappa shape index (κ3) is 3.49. The van der Waals surface area contributed by atoms with Gasteiger partial charge in [0, 0.05) is 42.3 Å². The zero-order valence-corrected chi connectivity index (χ0v) is 17.1. The average molecular weight is 399 g/mol. The molecule has 30 heavy (non-hydrogen) atoms. The SMILES string of the molecule is CC1Cc2ccccc2N1C(=O)c1cc(Nc2ccc(N3CCCC3)cc2)ncn1. The molecule has 0 aliphatic carbocycles. The summed E-state index contributed by atoms with van der Waals surface area (Å²) in [7, 11) is 0. The second-order valence-corrected chi connectivity index (χ2v) is 8.01. The Kier molecular flexibility index (Phi) is 4.83. The number of nitrogens with zero attached hydrogens (tertiary/aromatic N) is 4. The number of anilines is 4. The van der Waals surface area contributed by atoms with Crippen molar-refractivity contribution in [3.63, 3.8) is 0 Å². The van der Waals surface area contributed by atoms with Crippen LogP contribution in [0.4, 0.5) is 22.9 Å². The van der Waals surface area contributed by atoms with Crippen molar-refractivity contribution >= 4 is 28.8 Å². The van der Waals surface area contributed by atoms with Crippen LogP contribution in [0.5, 0.6) is 0 Å². The van der Waals surface area contributed by atoms with Crippen molar-refractivity contribution in [3.8, 4) is 0 Å². The summed E-state index contributed by atoms with van der Waals surface area (Å²) in [5.41, 5.74) is 4.75. The van der Waals surface area contributed by atoms with E-state index in [1.54, 1.807) is 6.07 Å². The van der Waals surface area contributed by atoms with E-state index in [-0.39, 0.29) is 11.9 Å². The molecule has 3 heterocycles. The number of hydrogen-bond acceptors (Lipinski definition) is 5. The quantitative estimate of drug-likeness (QED) is 0.704. The number of aromatic nitrogens is 2. The van der Waals surface area contributed by atoms with Gasteiger partial charge < -0.3 is 15.1 Å². The molecule has 0 bridgehead atoms. The normalized spacial score (nSPS) is 17.8. The Labute approximate surface area is 176 Å². The van der Waals surface area contributed by atoms with Gasteiger partial charge in [0.05, 0.1) is 0 Å². The molecule has 2 aliphatic rings. The molecule has 2 aromatic carbocycles. The molecule has 3 aromatic rings. The molecule has 6 nitrogen and oxygen atoms in total. The summed E-state index contributed by atoms with van der Waals surface area (Å²) < 4.78 is 0. The number of fused-ring (bicyclic) bond motifs is 1. The van der Waals surface area contributed by atoms with Gasteiger partial charge >= 0.3 is 0 Å². The first-order valence-corrected chi connectivity index (χ1v) is 10.5. The van der Waals surface area contributed by atoms with Gasteiger partial charge in [-0.3, -0.25) is 4.79 Å². The lowest BCUT2D eigenvalue weighted by molar-refractivity contribution is 0.0976. The Bertz CT molecular complexity index is 1060. The maximum Gasteiger partial charge on any atom is 0.277 e. The van der Waals surface area contributed by atoms with Crippen molar-refractivity contribution in [1.82, 2.24) is 9.97 Å². The van der Waals surface area contributed by atoms with Crippen molar-refractivity contribution in [2.75, 3.05) is 28.2 Å². The van der Waals surface area contributed by atoms with E-state index in [4.69, 9.17) is 0 Å². The van der Waals surface area contributed by atoms with Gasteiger partial charge in [0.2, 0.25) is 0 Å². The van der Waals surface area contributed by atoms with Crippen LogP contribution in [0.15, 0.2) is 60.9 Å². The molecule has 0 saturated carbocycles. The van der Waals surface area contributed by atoms with E-state index >= 15 is 0 Å². The molecule has 2 aliphatic heterocycles. The van der Waals surface area contributed by atoms with Crippen molar-refractivity contribution < 1.29 is 4.79 Å². The molecule has 5 rings (SSSR count). The fourth-order valence-electron chi connectivity index (χ4n) is 4.42. The molecule has 1 atom stereocenters. The monoisotopic (exact) mass is 399 g/mol. The van der Waals surface area contributed by atoms with E-state index in [9.17, 15) is 4.79 Å². The molecule has 152 valence electrons. The third-order valence-corrected chi connectivity index (χ3v) is 5.92. The summed E-state index contributed by atoms with van der Waals surface area (Å²) in [5, 5.41) is 3.30. The Hall–Kier alpha value is -3.41. The van der Waals surface area contributed by atoms with Crippen LogP contribution in [0.3, 0.4) is 0 Å². The summed E-state index contributed by atoms with van der Waals surface area (Å²) in [4.78, 5) is 26.0. The molecule has 0 radical (unpaired) electrons. The summed E-state index contributed by atoms with van der Waals surface area (Å²) in [5.74, 6) is 0.518. The number of hydrogen-bond donors (Lipinski definition) is 1. The third-order valence-electron chi connectivity index (χ3n) is 5.92. The standard InChI is InChI=1S/C24H25N5O/c1-17-14-18-6-2-3-7-22(18)29(17)24(30)21-15-23(26-16-25-21)27-19-8-10-20(11-9-19)28-12-4-5-13-28/h2-3,6-11,15-17H,4-5,12-14H2,1H3,(H,25,26,27). The summed E-state index contributed by atoms with van der Waals surface area (Å²) in [6, 6.07) is 18.3. The number of amides is 1. The van der Waals surface area contributed by atoms with Gasteiger partial charge in [-0.25, -0.2) is 9.97 Å². The molecule has 1 saturated heterocycles. The minimum Gasteiger partial charge on any atom is -0.372 e. The second kappa shape index (κ2) is 7.78. The maximum atomic E-state index is 13.2. The van der Waals surface area contributed by atoms with Gasteiger partial charge in [0.25, 0.3) is 5.91 Å². The highest BCUT2D eigenvalue weighted by atomic mass is 16.2. The van der Waals surface area contributed by atoms with Crippen molar-refractivity contribution in [2.24, 2.45) is 0 Å². The van der Waals surface area contributed by atoms with Crippen LogP contribution in [0.25, 0.3) is 0 Å². The Morgan fingerprint density at radius 1 is 1.03 bits per heavy atom. The molecule has 1 aromatic heterocycles. The molecule has 1 unspecified atom stereocenters. The van der Waals surface area contributed by atoms with Crippen LogP contribution in [-0.4, -0.2) is 35.0 Å². The van der Waals surface area contributed by atoms with Gasteiger partial charge in [-0.15, -0.1) is 0 Å². The van der Waals surface area contributed by atoms with Gasteiger partial charge in [0.15, 0.2) is 0 Å². The number of carbonyl (C=O) groups is 1. The lowest BCUT2D eigenvalue weighted by Crippen LogP contribution is -2.36. The number of rotatable bonds is 4. The highest BCUT2D eigenvalue weighted by Crippen LogP contribution is 2.33. The smallest absolute Gasteiger partial charge is 0.277 e. The lowest BCUT2D eigenvalue weighted by atomic mass is 10.1. The Morgan fingerprint density at radius 3 is 2.60 bits per heavy atom. The number of benzene rings is 2. The van der Waals surface area contributed by atoms with Crippen LogP contribution in [0.1, 0.15) is 35.8 Å². The predicted octanol–water partition coefficient (Wildman–Crippen LogP) is 4.41. The molecule has 1 N–H and O–H groups in total. The van der Waals surface area contributed by atoms with Crippen molar-refractivity contribution in [3.05, 3.63) is 72.2 Å². The van der Waals surface area contributed by atoms with Crippen molar-refractivity contribution in [1.29, 1.82) is 0 Å². The summed E-state index contributed by atoms with van der Waals surface area (Å²) in [6.07, 6.45) is 4.83. The molecular formula is C24H25N5O. The molecule has 1 fully saturated rings. The highest BCUT2D eigenvalue weighted by Gasteiger charge is 2.32. The first-order chi connectivity index (χ1) is 14.7. The van der Waals surface area contributed by atoms with E-state index in [0.717, 1.165) is 30.9 Å². The van der Waals surface area contributed by atoms with Gasteiger partial charge in [0.1, 0.15) is 17.8 Å². The topological polar surface area (TPSA) is 61.4 Å². The highest BCUT2D eigenvalue weighted by molar-refractivity contribution is 6.06. The lowest BCUT2D eigenvalue weighted by Gasteiger charge is -2.22. The molecule has 1 amide bonds. The van der Waals surface area contributed by atoms with Crippen LogP contribution in [0, 0.1) is 0 Å². The zero-order chi connectivity index (χ0) is 20.5. The fourth-order valence-corrected chi connectivity index (χ4v) is 4.42. The van der Waals surface area contributed by atoms with Gasteiger partial charge in [-0.2, -0.15) is 0 Å². The second-order valence-electron chi connectivity index (χ2n) is 8.01. The number of carbonyl (C=O) groups excluding carboxylic acids is 1. The van der Waals surface area contributed by atoms with E-state index in [1.165, 1.54) is 30.4 Å². The molecule has 6 heteroatoms. The summed E-state index contributed by atoms with van der Waals surface area (Å²) >= 11 is 0. The first-order valence-electron chi connectivity index (χ1n) is 10.5. The fraction of sp³-hybridized carbons (Fsp3) is 0.292. The largest absolute Gasteiger partial charge is 0.372 e. The van der Waals surface area contributed by atoms with E-state index in [2.05, 4.69) is 57.4 Å².